The van der Waals surface area contributed by atoms with E-state index in [-0.39, 0.29) is 11.0 Å². The third kappa shape index (κ3) is 4.80. The van der Waals surface area contributed by atoms with Crippen LogP contribution in [0.4, 0.5) is 0 Å². The molecule has 0 aliphatic heterocycles. The van der Waals surface area contributed by atoms with Crippen LogP contribution in [-0.2, 0) is 19.6 Å². The highest BCUT2D eigenvalue weighted by atomic mass is 32.2. The molecule has 0 unspecified atom stereocenters. The van der Waals surface area contributed by atoms with Gasteiger partial charge in [0.15, 0.2) is 0 Å². The first-order chi connectivity index (χ1) is 9.91. The lowest BCUT2D eigenvalue weighted by Crippen LogP contribution is -2.22. The van der Waals surface area contributed by atoms with E-state index < -0.39 is 10.0 Å². The Balaban J connectivity index is 0.000000677. The number of aromatic amines is 1. The molecule has 0 aliphatic carbocycles. The highest BCUT2D eigenvalue weighted by molar-refractivity contribution is 7.99. The van der Waals surface area contributed by atoms with Gasteiger partial charge < -0.3 is 0 Å². The molecule has 1 aromatic carbocycles. The third-order valence-corrected chi connectivity index (χ3v) is 4.96. The van der Waals surface area contributed by atoms with Crippen molar-refractivity contribution in [3.8, 4) is 0 Å². The molecule has 21 heavy (non-hydrogen) atoms. The van der Waals surface area contributed by atoms with E-state index in [9.17, 15) is 8.42 Å². The van der Waals surface area contributed by atoms with Gasteiger partial charge in [-0.3, -0.25) is 0 Å². The second-order valence-electron chi connectivity index (χ2n) is 3.75. The molecule has 10 heteroatoms. The second-order valence-corrected chi connectivity index (χ2v) is 7.00. The molecule has 112 valence electrons. The van der Waals surface area contributed by atoms with Crippen molar-refractivity contribution in [2.75, 3.05) is 14.1 Å². The number of sulfonamides is 1. The first-order valence-electron chi connectivity index (χ1n) is 5.47. The maximum Gasteiger partial charge on any atom is 0.373 e. The van der Waals surface area contributed by atoms with E-state index in [1.165, 1.54) is 30.2 Å². The van der Waals surface area contributed by atoms with Crippen molar-refractivity contribution in [2.24, 2.45) is 0 Å². The molecule has 0 fully saturated rings. The molecule has 0 radical (unpaired) electrons. The van der Waals surface area contributed by atoms with Crippen molar-refractivity contribution in [3.63, 3.8) is 0 Å². The number of hydrogen-bond donors (Lipinski definition) is 1. The highest BCUT2D eigenvalue weighted by Gasteiger charge is 2.16. The van der Waals surface area contributed by atoms with E-state index >= 15 is 0 Å². The molecule has 1 N–H and O–H groups in total. The molecular formula is C11H12N4O4S2. The number of hydrogen-bond acceptors (Lipinski definition) is 7. The number of benzene rings is 1. The van der Waals surface area contributed by atoms with Crippen molar-refractivity contribution in [3.05, 3.63) is 30.5 Å². The zero-order chi connectivity index (χ0) is 15.9. The Hall–Kier alpha value is -2.00. The van der Waals surface area contributed by atoms with Crippen molar-refractivity contribution in [1.82, 2.24) is 19.7 Å². The lowest BCUT2D eigenvalue weighted by Gasteiger charge is -2.11. The van der Waals surface area contributed by atoms with Crippen molar-refractivity contribution in [2.45, 2.75) is 14.8 Å². The number of rotatable bonds is 4. The minimum atomic E-state index is -3.37. The minimum absolute atomic E-state index is 0.250. The van der Waals surface area contributed by atoms with Gasteiger partial charge in [-0.2, -0.15) is 19.9 Å². The number of aromatic nitrogens is 3. The van der Waals surface area contributed by atoms with E-state index in [4.69, 9.17) is 9.59 Å². The van der Waals surface area contributed by atoms with Gasteiger partial charge in [0.05, 0.1) is 11.1 Å². The van der Waals surface area contributed by atoms with Crippen molar-refractivity contribution >= 4 is 27.9 Å². The molecular weight excluding hydrogens is 316 g/mol. The summed E-state index contributed by atoms with van der Waals surface area (Å²) >= 11 is 1.41. The van der Waals surface area contributed by atoms with Gasteiger partial charge in [0.25, 0.3) is 0 Å². The number of carbonyl (C=O) groups excluding carboxylic acids is 2. The summed E-state index contributed by atoms with van der Waals surface area (Å²) in [6.45, 7) is 0. The zero-order valence-electron chi connectivity index (χ0n) is 11.2. The maximum absolute atomic E-state index is 11.9. The predicted molar refractivity (Wildman–Crippen MR) is 72.8 cm³/mol. The fourth-order valence-electron chi connectivity index (χ4n) is 1.25. The van der Waals surface area contributed by atoms with E-state index in [0.29, 0.717) is 0 Å². The molecule has 0 saturated heterocycles. The van der Waals surface area contributed by atoms with E-state index in [2.05, 4.69) is 15.4 Å². The molecule has 0 bridgehead atoms. The van der Waals surface area contributed by atoms with Crippen LogP contribution in [0.1, 0.15) is 0 Å². The summed E-state index contributed by atoms with van der Waals surface area (Å²) in [5.74, 6) is 0. The van der Waals surface area contributed by atoms with Gasteiger partial charge in [0, 0.05) is 19.0 Å². The molecule has 0 aliphatic rings. The maximum atomic E-state index is 11.9. The smallest absolute Gasteiger partial charge is 0.207 e. The van der Waals surface area contributed by atoms with Crippen LogP contribution in [0, 0.1) is 0 Å². The second kappa shape index (κ2) is 7.70. The van der Waals surface area contributed by atoms with Crippen LogP contribution >= 0.6 is 11.8 Å². The molecule has 0 amide bonds. The Morgan fingerprint density at radius 3 is 2.19 bits per heavy atom. The van der Waals surface area contributed by atoms with Crippen LogP contribution in [0.15, 0.2) is 45.3 Å². The summed E-state index contributed by atoms with van der Waals surface area (Å²) in [4.78, 5) is 17.4. The number of nitrogens with one attached hydrogen (secondary N) is 1. The highest BCUT2D eigenvalue weighted by Crippen LogP contribution is 2.26. The number of H-pyrrole nitrogens is 1. The standard InChI is InChI=1S/C10H12N4O2S2.CO2/c1-14(2)18(15,16)9-5-3-8(4-6-9)17-10-7-11-13-12-10;2-1-3/h3-7H,1-2H3,(H,11,12,13);. The zero-order valence-corrected chi connectivity index (χ0v) is 12.8. The summed E-state index contributed by atoms with van der Waals surface area (Å²) in [6.07, 6.45) is 1.86. The first-order valence-corrected chi connectivity index (χ1v) is 7.73. The topological polar surface area (TPSA) is 113 Å². The van der Waals surface area contributed by atoms with E-state index in [0.717, 1.165) is 9.92 Å². The van der Waals surface area contributed by atoms with Gasteiger partial charge in [-0.05, 0) is 24.3 Å². The Bertz CT molecular complexity index is 690. The monoisotopic (exact) mass is 328 g/mol. The molecule has 8 nitrogen and oxygen atoms in total. The summed E-state index contributed by atoms with van der Waals surface area (Å²) < 4.78 is 24.9. The van der Waals surface area contributed by atoms with Crippen LogP contribution < -0.4 is 0 Å². The van der Waals surface area contributed by atoms with Gasteiger partial charge >= 0.3 is 6.15 Å². The predicted octanol–water partition coefficient (Wildman–Crippen LogP) is 0.623. The lowest BCUT2D eigenvalue weighted by atomic mass is 10.4. The Labute approximate surface area is 125 Å². The van der Waals surface area contributed by atoms with Gasteiger partial charge in [0.2, 0.25) is 10.0 Å². The Morgan fingerprint density at radius 2 is 1.76 bits per heavy atom. The van der Waals surface area contributed by atoms with Crippen LogP contribution in [0.5, 0.6) is 0 Å². The van der Waals surface area contributed by atoms with Crippen LogP contribution in [0.3, 0.4) is 0 Å². The lowest BCUT2D eigenvalue weighted by molar-refractivity contribution is -0.191. The van der Waals surface area contributed by atoms with Gasteiger partial charge in [-0.1, -0.05) is 11.8 Å². The summed E-state index contributed by atoms with van der Waals surface area (Å²) in [5, 5.41) is 10.9. The minimum Gasteiger partial charge on any atom is -0.207 e. The fourth-order valence-corrected chi connectivity index (χ4v) is 2.86. The van der Waals surface area contributed by atoms with Crippen LogP contribution in [0.25, 0.3) is 0 Å². The van der Waals surface area contributed by atoms with Crippen molar-refractivity contribution < 1.29 is 18.0 Å². The molecule has 1 aromatic heterocycles. The van der Waals surface area contributed by atoms with Crippen molar-refractivity contribution in [1.29, 1.82) is 0 Å². The SMILES string of the molecule is CN(C)S(=O)(=O)c1ccc(Sc2cn[nH]n2)cc1.O=C=O. The Kier molecular flexibility index (Phi) is 6.25. The van der Waals surface area contributed by atoms with Gasteiger partial charge in [-0.15, -0.1) is 5.10 Å². The fraction of sp³-hybridized carbons (Fsp3) is 0.182. The normalized spacial score (nSPS) is 10.6. The molecule has 2 rings (SSSR count). The quantitative estimate of drug-likeness (QED) is 0.875. The molecule has 0 saturated carbocycles. The van der Waals surface area contributed by atoms with Gasteiger partial charge in [-0.25, -0.2) is 12.7 Å². The first kappa shape index (κ1) is 17.1. The van der Waals surface area contributed by atoms with Gasteiger partial charge in [0.1, 0.15) is 5.03 Å². The largest absolute Gasteiger partial charge is 0.373 e. The van der Waals surface area contributed by atoms with E-state index in [1.54, 1.807) is 30.5 Å². The molecule has 2 aromatic rings. The third-order valence-electron chi connectivity index (χ3n) is 2.22. The van der Waals surface area contributed by atoms with Crippen LogP contribution in [-0.4, -0.2) is 48.4 Å². The molecule has 1 heterocycles. The summed E-state index contributed by atoms with van der Waals surface area (Å²) in [5.41, 5.74) is 0. The summed E-state index contributed by atoms with van der Waals surface area (Å²) in [7, 11) is -0.351. The molecule has 0 atom stereocenters. The number of nitrogens with zero attached hydrogens (tertiary/aromatic N) is 3. The Morgan fingerprint density at radius 1 is 1.19 bits per heavy atom. The summed E-state index contributed by atoms with van der Waals surface area (Å²) in [6, 6.07) is 6.65. The molecule has 0 spiro atoms. The average molecular weight is 328 g/mol. The average Bonchev–Trinajstić information content (AvgIpc) is 2.93. The van der Waals surface area contributed by atoms with Crippen LogP contribution in [0.2, 0.25) is 0 Å². The van der Waals surface area contributed by atoms with E-state index in [1.807, 2.05) is 0 Å².